The van der Waals surface area contributed by atoms with Gasteiger partial charge in [0.25, 0.3) is 0 Å². The van der Waals surface area contributed by atoms with Crippen LogP contribution in [0.25, 0.3) is 0 Å². The summed E-state index contributed by atoms with van der Waals surface area (Å²) in [5.74, 6) is 0. The molecule has 0 saturated carbocycles. The van der Waals surface area contributed by atoms with Crippen LogP contribution in [0.15, 0.2) is 30.3 Å². The van der Waals surface area contributed by atoms with Gasteiger partial charge in [-0.05, 0) is 37.7 Å². The highest BCUT2D eigenvalue weighted by Crippen LogP contribution is 2.42. The van der Waals surface area contributed by atoms with Gasteiger partial charge < -0.3 is 5.11 Å². The van der Waals surface area contributed by atoms with Crippen molar-refractivity contribution in [2.24, 2.45) is 0 Å². The molecule has 1 amide bonds. The quantitative estimate of drug-likeness (QED) is 0.878. The van der Waals surface area contributed by atoms with Crippen LogP contribution < -0.4 is 5.32 Å². The second-order valence-corrected chi connectivity index (χ2v) is 5.61. The summed E-state index contributed by atoms with van der Waals surface area (Å²) in [5.41, 5.74) is 0.876. The maximum absolute atomic E-state index is 11.5. The summed E-state index contributed by atoms with van der Waals surface area (Å²) in [5, 5.41) is 13.0. The van der Waals surface area contributed by atoms with Crippen molar-refractivity contribution in [2.45, 2.75) is 50.4 Å². The summed E-state index contributed by atoms with van der Waals surface area (Å²) in [6, 6.07) is 10.4. The van der Waals surface area contributed by atoms with Crippen molar-refractivity contribution in [3.05, 3.63) is 35.9 Å². The van der Waals surface area contributed by atoms with Gasteiger partial charge in [-0.15, -0.1) is 0 Å². The topological polar surface area (TPSA) is 52.6 Å². The zero-order valence-corrected chi connectivity index (χ0v) is 11.0. The first-order chi connectivity index (χ1) is 9.21. The minimum absolute atomic E-state index is 0.217. The number of fused-ring (bicyclic) bond motifs is 2. The molecule has 2 aliphatic heterocycles. The number of amides is 1. The average molecular weight is 260 g/mol. The molecule has 3 rings (SSSR count). The zero-order chi connectivity index (χ0) is 13.3. The van der Waals surface area contributed by atoms with Gasteiger partial charge in [0.1, 0.15) is 0 Å². The number of nitrogens with zero attached hydrogens (tertiary/aromatic N) is 1. The van der Waals surface area contributed by atoms with Gasteiger partial charge in [0, 0.05) is 12.6 Å². The Balaban J connectivity index is 1.75. The molecule has 19 heavy (non-hydrogen) atoms. The van der Waals surface area contributed by atoms with Crippen LogP contribution in [0, 0.1) is 0 Å². The molecule has 0 radical (unpaired) electrons. The van der Waals surface area contributed by atoms with Crippen LogP contribution in [0.4, 0.5) is 4.79 Å². The molecule has 2 atom stereocenters. The third-order valence-corrected chi connectivity index (χ3v) is 4.52. The van der Waals surface area contributed by atoms with Crippen LogP contribution in [0.5, 0.6) is 0 Å². The first-order valence-electron chi connectivity index (χ1n) is 7.02. The molecule has 2 saturated heterocycles. The van der Waals surface area contributed by atoms with Gasteiger partial charge in [-0.25, -0.2) is 4.79 Å². The second kappa shape index (κ2) is 4.85. The van der Waals surface area contributed by atoms with E-state index >= 15 is 0 Å². The van der Waals surface area contributed by atoms with Gasteiger partial charge in [0.15, 0.2) is 0 Å². The Morgan fingerprint density at radius 3 is 2.84 bits per heavy atom. The fraction of sp³-hybridized carbons (Fsp3) is 0.533. The number of piperidine rings is 1. The molecule has 102 valence electrons. The normalized spacial score (nSPS) is 29.5. The van der Waals surface area contributed by atoms with Gasteiger partial charge in [0.05, 0.1) is 5.66 Å². The summed E-state index contributed by atoms with van der Waals surface area (Å²) < 4.78 is 0. The Morgan fingerprint density at radius 2 is 2.11 bits per heavy atom. The molecule has 4 nitrogen and oxygen atoms in total. The van der Waals surface area contributed by atoms with Gasteiger partial charge >= 0.3 is 6.09 Å². The van der Waals surface area contributed by atoms with E-state index in [0.29, 0.717) is 0 Å². The molecular formula is C15H20N2O2. The summed E-state index contributed by atoms with van der Waals surface area (Å²) in [6.45, 7) is 0.733. The highest BCUT2D eigenvalue weighted by molar-refractivity contribution is 5.67. The molecule has 4 heteroatoms. The molecule has 1 aromatic carbocycles. The SMILES string of the molecule is O=C(O)N1C2CCCC1(NCc1ccccc1)CC2. The van der Waals surface area contributed by atoms with Gasteiger partial charge in [-0.1, -0.05) is 30.3 Å². The van der Waals surface area contributed by atoms with Crippen molar-refractivity contribution in [3.63, 3.8) is 0 Å². The van der Waals surface area contributed by atoms with Gasteiger partial charge in [-0.3, -0.25) is 10.2 Å². The van der Waals surface area contributed by atoms with E-state index in [4.69, 9.17) is 0 Å². The van der Waals surface area contributed by atoms with E-state index in [9.17, 15) is 9.90 Å². The molecule has 2 aliphatic rings. The Kier molecular flexibility index (Phi) is 3.19. The lowest BCUT2D eigenvalue weighted by atomic mass is 9.97. The average Bonchev–Trinajstić information content (AvgIpc) is 2.66. The van der Waals surface area contributed by atoms with Crippen molar-refractivity contribution >= 4 is 6.09 Å². The van der Waals surface area contributed by atoms with Crippen LogP contribution in [-0.4, -0.2) is 27.8 Å². The minimum Gasteiger partial charge on any atom is -0.465 e. The van der Waals surface area contributed by atoms with Crippen molar-refractivity contribution < 1.29 is 9.90 Å². The lowest BCUT2D eigenvalue weighted by molar-refractivity contribution is 0.0307. The van der Waals surface area contributed by atoms with E-state index in [0.717, 1.165) is 38.6 Å². The molecule has 2 unspecified atom stereocenters. The monoisotopic (exact) mass is 260 g/mol. The standard InChI is InChI=1S/C15H20N2O2/c18-14(19)17-13-7-4-9-15(17,10-8-13)16-11-12-5-2-1-3-6-12/h1-3,5-6,13,16H,4,7-11H2,(H,18,19). The third-order valence-electron chi connectivity index (χ3n) is 4.52. The Labute approximate surface area is 113 Å². The Morgan fingerprint density at radius 1 is 1.32 bits per heavy atom. The predicted molar refractivity (Wildman–Crippen MR) is 72.7 cm³/mol. The summed E-state index contributed by atoms with van der Waals surface area (Å²) in [7, 11) is 0. The van der Waals surface area contributed by atoms with E-state index < -0.39 is 6.09 Å². The predicted octanol–water partition coefficient (Wildman–Crippen LogP) is 2.80. The maximum Gasteiger partial charge on any atom is 0.409 e. The van der Waals surface area contributed by atoms with Crippen molar-refractivity contribution in [1.29, 1.82) is 0 Å². The fourth-order valence-electron chi connectivity index (χ4n) is 3.62. The number of benzene rings is 1. The molecule has 0 spiro atoms. The van der Waals surface area contributed by atoms with E-state index in [1.54, 1.807) is 4.90 Å². The molecule has 0 aromatic heterocycles. The van der Waals surface area contributed by atoms with Crippen LogP contribution in [0.3, 0.4) is 0 Å². The van der Waals surface area contributed by atoms with E-state index in [-0.39, 0.29) is 11.7 Å². The van der Waals surface area contributed by atoms with E-state index in [2.05, 4.69) is 17.4 Å². The summed E-state index contributed by atoms with van der Waals surface area (Å²) in [6.07, 6.45) is 4.23. The van der Waals surface area contributed by atoms with Crippen LogP contribution >= 0.6 is 0 Å². The number of carboxylic acid groups (broad SMARTS) is 1. The molecular weight excluding hydrogens is 240 g/mol. The van der Waals surface area contributed by atoms with Crippen LogP contribution in [-0.2, 0) is 6.54 Å². The molecule has 1 aromatic rings. The Hall–Kier alpha value is -1.55. The minimum atomic E-state index is -0.775. The second-order valence-electron chi connectivity index (χ2n) is 5.61. The first-order valence-corrected chi connectivity index (χ1v) is 7.02. The molecule has 2 fully saturated rings. The van der Waals surface area contributed by atoms with Gasteiger partial charge in [-0.2, -0.15) is 0 Å². The lowest BCUT2D eigenvalue weighted by Crippen LogP contribution is -2.60. The highest BCUT2D eigenvalue weighted by atomic mass is 16.4. The van der Waals surface area contributed by atoms with Crippen molar-refractivity contribution in [2.75, 3.05) is 0 Å². The van der Waals surface area contributed by atoms with E-state index in [1.165, 1.54) is 5.56 Å². The number of hydrogen-bond acceptors (Lipinski definition) is 2. The lowest BCUT2D eigenvalue weighted by Gasteiger charge is -2.43. The van der Waals surface area contributed by atoms with E-state index in [1.807, 2.05) is 18.2 Å². The number of carbonyl (C=O) groups is 1. The number of hydrogen-bond donors (Lipinski definition) is 2. The summed E-state index contributed by atoms with van der Waals surface area (Å²) >= 11 is 0. The van der Waals surface area contributed by atoms with Crippen LogP contribution in [0.1, 0.15) is 37.7 Å². The fourth-order valence-corrected chi connectivity index (χ4v) is 3.62. The van der Waals surface area contributed by atoms with Crippen molar-refractivity contribution in [3.8, 4) is 0 Å². The van der Waals surface area contributed by atoms with Crippen molar-refractivity contribution in [1.82, 2.24) is 10.2 Å². The largest absolute Gasteiger partial charge is 0.465 e. The molecule has 0 aliphatic carbocycles. The molecule has 2 N–H and O–H groups in total. The maximum atomic E-state index is 11.5. The molecule has 2 bridgehead atoms. The smallest absolute Gasteiger partial charge is 0.409 e. The number of rotatable bonds is 3. The third kappa shape index (κ3) is 2.21. The van der Waals surface area contributed by atoms with Gasteiger partial charge in [0.2, 0.25) is 0 Å². The highest BCUT2D eigenvalue weighted by Gasteiger charge is 2.50. The number of nitrogens with one attached hydrogen (secondary N) is 1. The Bertz CT molecular complexity index is 458. The zero-order valence-electron chi connectivity index (χ0n) is 11.0. The van der Waals surface area contributed by atoms with Crippen LogP contribution in [0.2, 0.25) is 0 Å². The summed E-state index contributed by atoms with van der Waals surface area (Å²) in [4.78, 5) is 13.2. The molecule has 2 heterocycles. The first kappa shape index (κ1) is 12.5.